The summed E-state index contributed by atoms with van der Waals surface area (Å²) in [5.41, 5.74) is -0.666. The predicted molar refractivity (Wildman–Crippen MR) is 133 cm³/mol. The van der Waals surface area contributed by atoms with Crippen molar-refractivity contribution in [1.29, 1.82) is 0 Å². The summed E-state index contributed by atoms with van der Waals surface area (Å²) in [7, 11) is 1.21. The number of rotatable bonds is 10. The molecule has 3 rings (SSSR count). The molecule has 6 atom stereocenters. The van der Waals surface area contributed by atoms with Crippen molar-refractivity contribution in [3.63, 3.8) is 0 Å². The Hall–Kier alpha value is -2.72. The SMILES string of the molecule is COC(=O)N[C@H](C(=O)N1C[C@@H]2CCC[C@@H]2[C@H]1C(=O)N[C@@H](CC[C@@H](C)F)C(=O)C(=O)NC1CC1)C(C)(C)C. The molecule has 3 N–H and O–H groups in total. The Labute approximate surface area is 217 Å². The number of hydrogen-bond acceptors (Lipinski definition) is 6. The Morgan fingerprint density at radius 2 is 1.70 bits per heavy atom. The highest BCUT2D eigenvalue weighted by molar-refractivity contribution is 6.38. The fraction of sp³-hybridized carbons (Fsp3) is 0.808. The Morgan fingerprint density at radius 3 is 2.27 bits per heavy atom. The normalized spacial score (nSPS) is 25.5. The van der Waals surface area contributed by atoms with E-state index in [2.05, 4.69) is 16.0 Å². The zero-order valence-electron chi connectivity index (χ0n) is 22.5. The Bertz CT molecular complexity index is 900. The van der Waals surface area contributed by atoms with Gasteiger partial charge in [-0.2, -0.15) is 0 Å². The highest BCUT2D eigenvalue weighted by Gasteiger charge is 2.52. The molecule has 4 amide bonds. The molecule has 0 radical (unpaired) electrons. The molecule has 0 aromatic carbocycles. The van der Waals surface area contributed by atoms with Gasteiger partial charge in [0.2, 0.25) is 17.6 Å². The third-order valence-corrected chi connectivity index (χ3v) is 7.63. The number of nitrogens with one attached hydrogen (secondary N) is 3. The fourth-order valence-corrected chi connectivity index (χ4v) is 5.42. The van der Waals surface area contributed by atoms with Gasteiger partial charge in [-0.3, -0.25) is 19.2 Å². The van der Waals surface area contributed by atoms with Crippen molar-refractivity contribution < 1.29 is 33.1 Å². The summed E-state index contributed by atoms with van der Waals surface area (Å²) in [6.45, 7) is 7.14. The van der Waals surface area contributed by atoms with Gasteiger partial charge in [-0.1, -0.05) is 27.2 Å². The highest BCUT2D eigenvalue weighted by atomic mass is 19.1. The van der Waals surface area contributed by atoms with Gasteiger partial charge in [0.15, 0.2) is 0 Å². The molecule has 3 fully saturated rings. The zero-order chi connectivity index (χ0) is 27.5. The summed E-state index contributed by atoms with van der Waals surface area (Å²) in [4.78, 5) is 66.3. The molecule has 11 heteroatoms. The van der Waals surface area contributed by atoms with Gasteiger partial charge >= 0.3 is 6.09 Å². The number of Topliss-reactive ketones (excluding diaryl/α,β-unsaturated/α-hetero) is 1. The van der Waals surface area contributed by atoms with Crippen LogP contribution in [0, 0.1) is 17.3 Å². The molecular weight excluding hydrogens is 483 g/mol. The maximum Gasteiger partial charge on any atom is 0.407 e. The van der Waals surface area contributed by atoms with Gasteiger partial charge in [-0.25, -0.2) is 9.18 Å². The second-order valence-corrected chi connectivity index (χ2v) is 11.8. The van der Waals surface area contributed by atoms with E-state index in [1.165, 1.54) is 18.9 Å². The van der Waals surface area contributed by atoms with E-state index in [9.17, 15) is 28.4 Å². The van der Waals surface area contributed by atoms with Crippen LogP contribution in [0.2, 0.25) is 0 Å². The quantitative estimate of drug-likeness (QED) is 0.374. The van der Waals surface area contributed by atoms with Crippen LogP contribution in [-0.4, -0.2) is 78.5 Å². The minimum atomic E-state index is -1.21. The summed E-state index contributed by atoms with van der Waals surface area (Å²) in [6, 6.07) is -3.02. The van der Waals surface area contributed by atoms with Gasteiger partial charge in [0.25, 0.3) is 5.91 Å². The average molecular weight is 525 g/mol. The lowest BCUT2D eigenvalue weighted by Crippen LogP contribution is -2.60. The first-order chi connectivity index (χ1) is 17.3. The number of ether oxygens (including phenoxy) is 1. The number of alkyl halides is 1. The first-order valence-electron chi connectivity index (χ1n) is 13.3. The van der Waals surface area contributed by atoms with Crippen molar-refractivity contribution in [2.24, 2.45) is 17.3 Å². The topological polar surface area (TPSA) is 134 Å². The van der Waals surface area contributed by atoms with Crippen LogP contribution in [0.1, 0.15) is 72.6 Å². The monoisotopic (exact) mass is 524 g/mol. The average Bonchev–Trinajstić information content (AvgIpc) is 3.38. The summed E-state index contributed by atoms with van der Waals surface area (Å²) in [5, 5.41) is 7.93. The summed E-state index contributed by atoms with van der Waals surface area (Å²) >= 11 is 0. The van der Waals surface area contributed by atoms with Crippen LogP contribution in [0.3, 0.4) is 0 Å². The Morgan fingerprint density at radius 1 is 1.03 bits per heavy atom. The molecule has 208 valence electrons. The Balaban J connectivity index is 1.82. The molecule has 0 aromatic rings. The summed E-state index contributed by atoms with van der Waals surface area (Å²) in [6.07, 6.45) is 2.17. The Kier molecular flexibility index (Phi) is 9.18. The van der Waals surface area contributed by atoms with Crippen molar-refractivity contribution in [1.82, 2.24) is 20.9 Å². The van der Waals surface area contributed by atoms with Crippen LogP contribution in [0.4, 0.5) is 9.18 Å². The number of carbonyl (C=O) groups excluding carboxylic acids is 5. The molecule has 2 aliphatic carbocycles. The molecular formula is C26H41FN4O6. The van der Waals surface area contributed by atoms with E-state index in [1.807, 2.05) is 20.8 Å². The number of methoxy groups -OCH3 is 1. The first-order valence-corrected chi connectivity index (χ1v) is 13.3. The lowest BCUT2D eigenvalue weighted by atomic mass is 9.85. The van der Waals surface area contributed by atoms with Crippen molar-refractivity contribution in [2.75, 3.05) is 13.7 Å². The minimum absolute atomic E-state index is 0.00189. The molecule has 37 heavy (non-hydrogen) atoms. The maximum atomic E-state index is 13.8. The largest absolute Gasteiger partial charge is 0.453 e. The molecule has 0 spiro atoms. The number of amides is 4. The van der Waals surface area contributed by atoms with E-state index in [-0.39, 0.29) is 30.7 Å². The number of carbonyl (C=O) groups is 5. The standard InChI is InChI=1S/C26H41FN4O6/c1-14(27)9-12-18(20(32)23(34)28-16-10-11-16)29-22(33)19-17-8-6-7-15(17)13-31(19)24(35)21(26(2,3)4)30-25(36)37-5/h14-19,21H,6-13H2,1-5H3,(H,28,34)(H,29,33)(H,30,36)/t14-,15+,17+,18+,19+,21-/m1/s1. The van der Waals surface area contributed by atoms with Gasteiger partial charge in [0, 0.05) is 12.6 Å². The van der Waals surface area contributed by atoms with Crippen molar-refractivity contribution in [2.45, 2.75) is 103 Å². The smallest absolute Gasteiger partial charge is 0.407 e. The predicted octanol–water partition coefficient (Wildman–Crippen LogP) is 1.85. The van der Waals surface area contributed by atoms with E-state index in [4.69, 9.17) is 4.74 Å². The molecule has 3 aliphatic rings. The van der Waals surface area contributed by atoms with Gasteiger partial charge in [-0.05, 0) is 62.7 Å². The molecule has 2 saturated carbocycles. The minimum Gasteiger partial charge on any atom is -0.453 e. The third kappa shape index (κ3) is 7.19. The van der Waals surface area contributed by atoms with Gasteiger partial charge in [-0.15, -0.1) is 0 Å². The molecule has 0 bridgehead atoms. The van der Waals surface area contributed by atoms with E-state index in [1.54, 1.807) is 0 Å². The molecule has 1 aliphatic heterocycles. The number of fused-ring (bicyclic) bond motifs is 1. The summed E-state index contributed by atoms with van der Waals surface area (Å²) in [5.74, 6) is -2.50. The van der Waals surface area contributed by atoms with E-state index < -0.39 is 59.3 Å². The van der Waals surface area contributed by atoms with Crippen LogP contribution < -0.4 is 16.0 Å². The molecule has 0 aromatic heterocycles. The molecule has 10 nitrogen and oxygen atoms in total. The first kappa shape index (κ1) is 28.8. The molecule has 1 heterocycles. The van der Waals surface area contributed by atoms with Gasteiger partial charge in [0.1, 0.15) is 12.1 Å². The number of ketones is 1. The number of nitrogens with zero attached hydrogens (tertiary/aromatic N) is 1. The van der Waals surface area contributed by atoms with Gasteiger partial charge in [0.05, 0.1) is 19.3 Å². The lowest BCUT2D eigenvalue weighted by Gasteiger charge is -2.36. The second kappa shape index (κ2) is 11.8. The molecule has 1 saturated heterocycles. The fourth-order valence-electron chi connectivity index (χ4n) is 5.42. The van der Waals surface area contributed by atoms with E-state index >= 15 is 0 Å². The van der Waals surface area contributed by atoms with Crippen LogP contribution >= 0.6 is 0 Å². The second-order valence-electron chi connectivity index (χ2n) is 11.8. The van der Waals surface area contributed by atoms with Crippen LogP contribution in [0.25, 0.3) is 0 Å². The summed E-state index contributed by atoms with van der Waals surface area (Å²) < 4.78 is 18.4. The van der Waals surface area contributed by atoms with Crippen molar-refractivity contribution in [3.05, 3.63) is 0 Å². The van der Waals surface area contributed by atoms with Crippen LogP contribution in [-0.2, 0) is 23.9 Å². The number of halogens is 1. The number of alkyl carbamates (subject to hydrolysis) is 1. The van der Waals surface area contributed by atoms with Crippen LogP contribution in [0.15, 0.2) is 0 Å². The number of likely N-dealkylation sites (tertiary alicyclic amines) is 1. The lowest BCUT2D eigenvalue weighted by molar-refractivity contribution is -0.144. The third-order valence-electron chi connectivity index (χ3n) is 7.63. The highest BCUT2D eigenvalue weighted by Crippen LogP contribution is 2.43. The zero-order valence-corrected chi connectivity index (χ0v) is 22.5. The van der Waals surface area contributed by atoms with Crippen molar-refractivity contribution in [3.8, 4) is 0 Å². The van der Waals surface area contributed by atoms with Crippen LogP contribution in [0.5, 0.6) is 0 Å². The maximum absolute atomic E-state index is 13.8. The van der Waals surface area contributed by atoms with Gasteiger partial charge < -0.3 is 25.6 Å². The number of hydrogen-bond donors (Lipinski definition) is 3. The van der Waals surface area contributed by atoms with E-state index in [0.717, 1.165) is 32.1 Å². The molecule has 0 unspecified atom stereocenters. The van der Waals surface area contributed by atoms with E-state index in [0.29, 0.717) is 6.54 Å². The van der Waals surface area contributed by atoms with Crippen molar-refractivity contribution >= 4 is 29.6 Å².